The predicted octanol–water partition coefficient (Wildman–Crippen LogP) is 2.60. The maximum Gasteiger partial charge on any atom is 0.0998 e. The molecule has 1 unspecified atom stereocenters. The van der Waals surface area contributed by atoms with Gasteiger partial charge in [0.15, 0.2) is 0 Å². The normalized spacial score (nSPS) is 12.6. The lowest BCUT2D eigenvalue weighted by molar-refractivity contribution is 0.215. The van der Waals surface area contributed by atoms with E-state index in [0.29, 0.717) is 0 Å². The second-order valence-corrected chi connectivity index (χ2v) is 3.11. The monoisotopic (exact) mass is 162 g/mol. The van der Waals surface area contributed by atoms with Gasteiger partial charge in [-0.2, -0.15) is 0 Å². The third-order valence-electron chi connectivity index (χ3n) is 1.95. The Morgan fingerprint density at radius 3 is 2.50 bits per heavy atom. The van der Waals surface area contributed by atoms with E-state index in [4.69, 9.17) is 0 Å². The summed E-state index contributed by atoms with van der Waals surface area (Å²) in [7, 11) is 0. The van der Waals surface area contributed by atoms with Gasteiger partial charge in [-0.25, -0.2) is 0 Å². The molecular weight excluding hydrogens is 148 g/mol. The van der Waals surface area contributed by atoms with Crippen molar-refractivity contribution in [2.45, 2.75) is 20.0 Å². The fourth-order valence-corrected chi connectivity index (χ4v) is 1.16. The number of aliphatic hydroxyl groups excluding tert-OH is 1. The van der Waals surface area contributed by atoms with Crippen LogP contribution in [-0.4, -0.2) is 5.11 Å². The van der Waals surface area contributed by atoms with E-state index in [1.165, 1.54) is 0 Å². The predicted molar refractivity (Wildman–Crippen MR) is 51.0 cm³/mol. The highest BCUT2D eigenvalue weighted by molar-refractivity contribution is 5.31. The molecule has 0 aliphatic carbocycles. The van der Waals surface area contributed by atoms with E-state index in [1.54, 1.807) is 0 Å². The molecular formula is C11H14O. The quantitative estimate of drug-likeness (QED) is 0.663. The minimum atomic E-state index is -0.522. The van der Waals surface area contributed by atoms with Crippen molar-refractivity contribution in [3.05, 3.63) is 47.5 Å². The molecule has 0 heterocycles. The van der Waals surface area contributed by atoms with Gasteiger partial charge in [0.25, 0.3) is 0 Å². The number of benzene rings is 1. The second kappa shape index (κ2) is 3.55. The zero-order chi connectivity index (χ0) is 9.14. The van der Waals surface area contributed by atoms with E-state index in [0.717, 1.165) is 16.7 Å². The van der Waals surface area contributed by atoms with E-state index in [9.17, 15) is 5.11 Å². The molecule has 1 N–H and O–H groups in total. The first-order valence-corrected chi connectivity index (χ1v) is 4.02. The number of rotatable bonds is 2. The smallest absolute Gasteiger partial charge is 0.0998 e. The molecule has 0 fully saturated rings. The van der Waals surface area contributed by atoms with Crippen LogP contribution in [0.3, 0.4) is 0 Å². The van der Waals surface area contributed by atoms with Gasteiger partial charge >= 0.3 is 0 Å². The summed E-state index contributed by atoms with van der Waals surface area (Å²) >= 11 is 0. The molecule has 1 heteroatoms. The summed E-state index contributed by atoms with van der Waals surface area (Å²) in [5.74, 6) is 0. The molecule has 0 saturated heterocycles. The van der Waals surface area contributed by atoms with E-state index < -0.39 is 6.10 Å². The number of aliphatic hydroxyl groups is 1. The molecule has 1 nitrogen and oxygen atoms in total. The van der Waals surface area contributed by atoms with Crippen molar-refractivity contribution in [2.75, 3.05) is 0 Å². The minimum absolute atomic E-state index is 0.522. The molecule has 0 radical (unpaired) electrons. The van der Waals surface area contributed by atoms with Gasteiger partial charge in [-0.15, -0.1) is 0 Å². The van der Waals surface area contributed by atoms with Crippen LogP contribution in [0.2, 0.25) is 0 Å². The minimum Gasteiger partial charge on any atom is -0.384 e. The molecule has 1 atom stereocenters. The van der Waals surface area contributed by atoms with Crippen LogP contribution in [0.1, 0.15) is 24.2 Å². The van der Waals surface area contributed by atoms with Crippen molar-refractivity contribution < 1.29 is 5.11 Å². The van der Waals surface area contributed by atoms with Gasteiger partial charge in [0.2, 0.25) is 0 Å². The summed E-state index contributed by atoms with van der Waals surface area (Å²) in [5, 5.41) is 9.68. The van der Waals surface area contributed by atoms with E-state index in [-0.39, 0.29) is 0 Å². The molecule has 0 aliphatic heterocycles. The maximum absolute atomic E-state index is 9.68. The summed E-state index contributed by atoms with van der Waals surface area (Å²) < 4.78 is 0. The summed E-state index contributed by atoms with van der Waals surface area (Å²) in [5.41, 5.74) is 2.84. The Kier molecular flexibility index (Phi) is 2.66. The van der Waals surface area contributed by atoms with Crippen LogP contribution in [0.5, 0.6) is 0 Å². The van der Waals surface area contributed by atoms with Gasteiger partial charge < -0.3 is 5.11 Å². The van der Waals surface area contributed by atoms with Crippen LogP contribution >= 0.6 is 0 Å². The van der Waals surface area contributed by atoms with Crippen LogP contribution in [-0.2, 0) is 0 Å². The van der Waals surface area contributed by atoms with Crippen molar-refractivity contribution in [1.82, 2.24) is 0 Å². The molecule has 0 saturated carbocycles. The Balaban J connectivity index is 3.02. The zero-order valence-corrected chi connectivity index (χ0v) is 7.54. The molecule has 0 bridgehead atoms. The van der Waals surface area contributed by atoms with Crippen molar-refractivity contribution in [2.24, 2.45) is 0 Å². The van der Waals surface area contributed by atoms with Crippen molar-refractivity contribution in [1.29, 1.82) is 0 Å². The van der Waals surface area contributed by atoms with Crippen molar-refractivity contribution in [3.63, 3.8) is 0 Å². The molecule has 0 aromatic heterocycles. The number of aryl methyl sites for hydroxylation is 1. The summed E-state index contributed by atoms with van der Waals surface area (Å²) in [6.45, 7) is 7.54. The molecule has 12 heavy (non-hydrogen) atoms. The van der Waals surface area contributed by atoms with Crippen LogP contribution < -0.4 is 0 Å². The standard InChI is InChI=1S/C11H14O/c1-8(2)11(12)10-7-5-4-6-9(10)3/h4-7,11-12H,1H2,2-3H3. The second-order valence-electron chi connectivity index (χ2n) is 3.11. The van der Waals surface area contributed by atoms with Gasteiger partial charge in [0, 0.05) is 0 Å². The van der Waals surface area contributed by atoms with Crippen molar-refractivity contribution in [3.8, 4) is 0 Å². The first kappa shape index (κ1) is 9.01. The van der Waals surface area contributed by atoms with Gasteiger partial charge in [0.05, 0.1) is 6.10 Å². The Labute approximate surface area is 73.4 Å². The average molecular weight is 162 g/mol. The molecule has 0 amide bonds. The molecule has 1 aromatic carbocycles. The maximum atomic E-state index is 9.68. The molecule has 0 aliphatic rings. The number of hydrogen-bond acceptors (Lipinski definition) is 1. The van der Waals surface area contributed by atoms with E-state index in [2.05, 4.69) is 6.58 Å². The highest BCUT2D eigenvalue weighted by Crippen LogP contribution is 2.22. The summed E-state index contributed by atoms with van der Waals surface area (Å²) in [6, 6.07) is 7.80. The third kappa shape index (κ3) is 1.74. The Morgan fingerprint density at radius 1 is 1.42 bits per heavy atom. The topological polar surface area (TPSA) is 20.2 Å². The number of hydrogen-bond donors (Lipinski definition) is 1. The van der Waals surface area contributed by atoms with Crippen molar-refractivity contribution >= 4 is 0 Å². The van der Waals surface area contributed by atoms with Crippen LogP contribution in [0.25, 0.3) is 0 Å². The van der Waals surface area contributed by atoms with Gasteiger partial charge in [-0.05, 0) is 30.5 Å². The Hall–Kier alpha value is -1.08. The largest absolute Gasteiger partial charge is 0.384 e. The molecule has 1 rings (SSSR count). The van der Waals surface area contributed by atoms with E-state index >= 15 is 0 Å². The third-order valence-corrected chi connectivity index (χ3v) is 1.95. The van der Waals surface area contributed by atoms with Gasteiger partial charge in [0.1, 0.15) is 0 Å². The highest BCUT2D eigenvalue weighted by atomic mass is 16.3. The van der Waals surface area contributed by atoms with Crippen LogP contribution in [0.15, 0.2) is 36.4 Å². The SMILES string of the molecule is C=C(C)C(O)c1ccccc1C. The highest BCUT2D eigenvalue weighted by Gasteiger charge is 2.08. The first-order valence-electron chi connectivity index (χ1n) is 4.02. The van der Waals surface area contributed by atoms with E-state index in [1.807, 2.05) is 38.1 Å². The summed E-state index contributed by atoms with van der Waals surface area (Å²) in [4.78, 5) is 0. The molecule has 0 spiro atoms. The van der Waals surface area contributed by atoms with Crippen LogP contribution in [0.4, 0.5) is 0 Å². The fraction of sp³-hybridized carbons (Fsp3) is 0.273. The van der Waals surface area contributed by atoms with Crippen LogP contribution in [0, 0.1) is 6.92 Å². The zero-order valence-electron chi connectivity index (χ0n) is 7.54. The lowest BCUT2D eigenvalue weighted by Crippen LogP contribution is -1.99. The average Bonchev–Trinajstić information content (AvgIpc) is 2.04. The molecule has 64 valence electrons. The molecule has 1 aromatic rings. The first-order chi connectivity index (χ1) is 5.63. The Morgan fingerprint density at radius 2 is 2.00 bits per heavy atom. The van der Waals surface area contributed by atoms with Gasteiger partial charge in [-0.1, -0.05) is 30.8 Å². The Bertz CT molecular complexity index is 289. The lowest BCUT2D eigenvalue weighted by Gasteiger charge is -2.12. The van der Waals surface area contributed by atoms with Gasteiger partial charge in [-0.3, -0.25) is 0 Å². The fourth-order valence-electron chi connectivity index (χ4n) is 1.16. The lowest BCUT2D eigenvalue weighted by atomic mass is 9.99. The summed E-state index contributed by atoms with van der Waals surface area (Å²) in [6.07, 6.45) is -0.522.